The lowest BCUT2D eigenvalue weighted by Crippen LogP contribution is -2.40. The lowest BCUT2D eigenvalue weighted by atomic mass is 10.1. The van der Waals surface area contributed by atoms with Crippen molar-refractivity contribution in [2.24, 2.45) is 5.92 Å². The third-order valence-electron chi connectivity index (χ3n) is 3.36. The first-order chi connectivity index (χ1) is 8.15. The van der Waals surface area contributed by atoms with E-state index in [9.17, 15) is 4.79 Å². The highest BCUT2D eigenvalue weighted by Gasteiger charge is 2.18. The van der Waals surface area contributed by atoms with Gasteiger partial charge in [0.1, 0.15) is 0 Å². The molecule has 1 N–H and O–H groups in total. The van der Waals surface area contributed by atoms with Crippen LogP contribution in [0.5, 0.6) is 0 Å². The molecule has 1 atom stereocenters. The third-order valence-corrected chi connectivity index (χ3v) is 3.36. The van der Waals surface area contributed by atoms with Crippen molar-refractivity contribution in [2.75, 3.05) is 33.4 Å². The highest BCUT2D eigenvalue weighted by atomic mass is 16.5. The average molecular weight is 242 g/mol. The first-order valence-corrected chi connectivity index (χ1v) is 6.65. The molecule has 17 heavy (non-hydrogen) atoms. The van der Waals surface area contributed by atoms with E-state index in [1.165, 1.54) is 0 Å². The molecule has 0 aromatic rings. The molecule has 0 radical (unpaired) electrons. The van der Waals surface area contributed by atoms with Crippen LogP contribution in [-0.2, 0) is 9.53 Å². The Balaban J connectivity index is 2.18. The normalized spacial score (nSPS) is 17.8. The molecule has 0 aliphatic carbocycles. The largest absolute Gasteiger partial charge is 0.383 e. The molecule has 0 spiro atoms. The van der Waals surface area contributed by atoms with Gasteiger partial charge in [-0.05, 0) is 18.8 Å². The number of nitrogens with zero attached hydrogens (tertiary/aromatic N) is 1. The first-order valence-electron chi connectivity index (χ1n) is 6.65. The van der Waals surface area contributed by atoms with Crippen LogP contribution in [0, 0.1) is 5.92 Å². The molecule has 1 aliphatic heterocycles. The van der Waals surface area contributed by atoms with Gasteiger partial charge in [0.15, 0.2) is 0 Å². The molecular formula is C13H26N2O2. The Hall–Kier alpha value is -0.610. The topological polar surface area (TPSA) is 41.6 Å². The van der Waals surface area contributed by atoms with Gasteiger partial charge in [0.25, 0.3) is 0 Å². The van der Waals surface area contributed by atoms with Crippen molar-refractivity contribution >= 4 is 5.91 Å². The number of hydrogen-bond acceptors (Lipinski definition) is 3. The number of carbonyl (C=O) groups is 1. The number of amides is 1. The molecule has 1 heterocycles. The highest BCUT2D eigenvalue weighted by molar-refractivity contribution is 5.76. The van der Waals surface area contributed by atoms with Gasteiger partial charge in [-0.15, -0.1) is 0 Å². The number of likely N-dealkylation sites (tertiary alicyclic amines) is 1. The van der Waals surface area contributed by atoms with E-state index in [1.54, 1.807) is 7.11 Å². The zero-order valence-corrected chi connectivity index (χ0v) is 11.4. The molecular weight excluding hydrogens is 216 g/mol. The second-order valence-electron chi connectivity index (χ2n) is 5.10. The van der Waals surface area contributed by atoms with E-state index in [2.05, 4.69) is 19.2 Å². The molecule has 0 aromatic heterocycles. The van der Waals surface area contributed by atoms with Crippen LogP contribution in [0.15, 0.2) is 0 Å². The van der Waals surface area contributed by atoms with Gasteiger partial charge in [0.2, 0.25) is 5.91 Å². The van der Waals surface area contributed by atoms with E-state index >= 15 is 0 Å². The molecule has 1 unspecified atom stereocenters. The SMILES string of the molecule is COCC(NCCC(=O)N1CCCC1)C(C)C. The van der Waals surface area contributed by atoms with Gasteiger partial charge in [-0.1, -0.05) is 13.8 Å². The van der Waals surface area contributed by atoms with Gasteiger partial charge in [0.05, 0.1) is 6.61 Å². The molecule has 100 valence electrons. The van der Waals surface area contributed by atoms with Crippen molar-refractivity contribution < 1.29 is 9.53 Å². The first kappa shape index (κ1) is 14.5. The summed E-state index contributed by atoms with van der Waals surface area (Å²) in [4.78, 5) is 13.8. The fraction of sp³-hybridized carbons (Fsp3) is 0.923. The quantitative estimate of drug-likeness (QED) is 0.731. The number of rotatable bonds is 7. The molecule has 1 rings (SSSR count). The molecule has 4 nitrogen and oxygen atoms in total. The summed E-state index contributed by atoms with van der Waals surface area (Å²) in [6, 6.07) is 0.339. The summed E-state index contributed by atoms with van der Waals surface area (Å²) in [5.74, 6) is 0.812. The maximum atomic E-state index is 11.8. The second kappa shape index (κ2) is 7.67. The van der Waals surface area contributed by atoms with E-state index in [0.717, 1.165) is 32.5 Å². The van der Waals surface area contributed by atoms with E-state index in [0.29, 0.717) is 25.0 Å². The predicted octanol–water partition coefficient (Wildman–Crippen LogP) is 1.26. The average Bonchev–Trinajstić information content (AvgIpc) is 2.81. The van der Waals surface area contributed by atoms with Crippen LogP contribution in [0.3, 0.4) is 0 Å². The van der Waals surface area contributed by atoms with Gasteiger partial charge < -0.3 is 15.0 Å². The van der Waals surface area contributed by atoms with Crippen LogP contribution in [0.4, 0.5) is 0 Å². The Morgan fingerprint density at radius 1 is 1.35 bits per heavy atom. The number of nitrogens with one attached hydrogen (secondary N) is 1. The summed E-state index contributed by atoms with van der Waals surface area (Å²) in [6.45, 7) is 7.68. The van der Waals surface area contributed by atoms with E-state index in [1.807, 2.05) is 4.90 Å². The lowest BCUT2D eigenvalue weighted by molar-refractivity contribution is -0.130. The van der Waals surface area contributed by atoms with Gasteiger partial charge in [-0.3, -0.25) is 4.79 Å². The molecule has 1 aliphatic rings. The minimum atomic E-state index is 0.287. The molecule has 0 saturated carbocycles. The molecule has 1 amide bonds. The van der Waals surface area contributed by atoms with Crippen LogP contribution < -0.4 is 5.32 Å². The van der Waals surface area contributed by atoms with Crippen LogP contribution >= 0.6 is 0 Å². The fourth-order valence-electron chi connectivity index (χ4n) is 2.16. The zero-order chi connectivity index (χ0) is 12.7. The predicted molar refractivity (Wildman–Crippen MR) is 68.9 cm³/mol. The Labute approximate surface area is 105 Å². The number of methoxy groups -OCH3 is 1. The molecule has 0 aromatic carbocycles. The van der Waals surface area contributed by atoms with Crippen molar-refractivity contribution in [3.63, 3.8) is 0 Å². The summed E-state index contributed by atoms with van der Waals surface area (Å²) in [6.07, 6.45) is 2.93. The molecule has 1 fully saturated rings. The van der Waals surface area contributed by atoms with Crippen molar-refractivity contribution in [3.05, 3.63) is 0 Å². The van der Waals surface area contributed by atoms with Crippen molar-refractivity contribution in [2.45, 2.75) is 39.2 Å². The van der Waals surface area contributed by atoms with Crippen molar-refractivity contribution in [1.82, 2.24) is 10.2 Å². The Morgan fingerprint density at radius 2 is 2.00 bits per heavy atom. The summed E-state index contributed by atoms with van der Waals surface area (Å²) >= 11 is 0. The van der Waals surface area contributed by atoms with E-state index in [-0.39, 0.29) is 5.91 Å². The molecule has 4 heteroatoms. The maximum Gasteiger partial charge on any atom is 0.223 e. The smallest absolute Gasteiger partial charge is 0.223 e. The molecule has 1 saturated heterocycles. The van der Waals surface area contributed by atoms with Crippen molar-refractivity contribution in [3.8, 4) is 0 Å². The number of ether oxygens (including phenoxy) is 1. The second-order valence-corrected chi connectivity index (χ2v) is 5.10. The summed E-state index contributed by atoms with van der Waals surface area (Å²) in [5.41, 5.74) is 0. The van der Waals surface area contributed by atoms with Crippen LogP contribution in [0.2, 0.25) is 0 Å². The van der Waals surface area contributed by atoms with E-state index in [4.69, 9.17) is 4.74 Å². The Morgan fingerprint density at radius 3 is 2.53 bits per heavy atom. The van der Waals surface area contributed by atoms with Gasteiger partial charge >= 0.3 is 0 Å². The van der Waals surface area contributed by atoms with Crippen LogP contribution in [0.1, 0.15) is 33.1 Å². The van der Waals surface area contributed by atoms with Crippen LogP contribution in [-0.4, -0.2) is 50.2 Å². The van der Waals surface area contributed by atoms with Gasteiger partial charge in [-0.25, -0.2) is 0 Å². The lowest BCUT2D eigenvalue weighted by Gasteiger charge is -2.22. The third kappa shape index (κ3) is 5.04. The highest BCUT2D eigenvalue weighted by Crippen LogP contribution is 2.08. The maximum absolute atomic E-state index is 11.8. The fourth-order valence-corrected chi connectivity index (χ4v) is 2.16. The number of carbonyl (C=O) groups excluding carboxylic acids is 1. The molecule has 0 bridgehead atoms. The Bertz CT molecular complexity index is 225. The van der Waals surface area contributed by atoms with Crippen molar-refractivity contribution in [1.29, 1.82) is 0 Å². The summed E-state index contributed by atoms with van der Waals surface area (Å²) in [7, 11) is 1.71. The van der Waals surface area contributed by atoms with Gasteiger partial charge in [0, 0.05) is 39.2 Å². The number of hydrogen-bond donors (Lipinski definition) is 1. The minimum Gasteiger partial charge on any atom is -0.383 e. The van der Waals surface area contributed by atoms with Crippen LogP contribution in [0.25, 0.3) is 0 Å². The standard InChI is InChI=1S/C13H26N2O2/c1-11(2)12(10-17-3)14-7-6-13(16)15-8-4-5-9-15/h11-12,14H,4-10H2,1-3H3. The van der Waals surface area contributed by atoms with Gasteiger partial charge in [-0.2, -0.15) is 0 Å². The Kier molecular flexibility index (Phi) is 6.52. The zero-order valence-electron chi connectivity index (χ0n) is 11.4. The summed E-state index contributed by atoms with van der Waals surface area (Å²) < 4.78 is 5.16. The summed E-state index contributed by atoms with van der Waals surface area (Å²) in [5, 5.41) is 3.40. The minimum absolute atomic E-state index is 0.287. The van der Waals surface area contributed by atoms with E-state index < -0.39 is 0 Å². The monoisotopic (exact) mass is 242 g/mol.